The molecule has 3 aromatic rings. The summed E-state index contributed by atoms with van der Waals surface area (Å²) < 4.78 is 1.58. The van der Waals surface area contributed by atoms with E-state index in [2.05, 4.69) is 20.1 Å². The van der Waals surface area contributed by atoms with Gasteiger partial charge < -0.3 is 0 Å². The maximum atomic E-state index is 13.3. The molecule has 2 aromatic heterocycles. The van der Waals surface area contributed by atoms with Crippen LogP contribution in [0.15, 0.2) is 35.3 Å². The Kier molecular flexibility index (Phi) is 4.61. The van der Waals surface area contributed by atoms with Crippen LogP contribution in [-0.2, 0) is 0 Å². The molecule has 0 bridgehead atoms. The smallest absolute Gasteiger partial charge is 0.264 e. The molecule has 0 fully saturated rings. The van der Waals surface area contributed by atoms with Gasteiger partial charge in [0.25, 0.3) is 5.78 Å². The van der Waals surface area contributed by atoms with E-state index in [-0.39, 0.29) is 17.8 Å². The number of fused-ring (bicyclic) bond motifs is 1. The summed E-state index contributed by atoms with van der Waals surface area (Å²) in [5.74, 6) is 0.959. The molecule has 0 saturated heterocycles. The maximum absolute atomic E-state index is 13.3. The molecule has 1 unspecified atom stereocenters. The third-order valence-corrected chi connectivity index (χ3v) is 5.52. The standard InChI is InChI=1S/C18H17ClN6OS/c1-10-8-12(3)25-17(20-10)22-15(23-25)16(26)24(18-21-11(2)9-27-18)14-6-4-13(19)5-7-14/h4-8,11H,9H2,1-3H3. The minimum atomic E-state index is -0.347. The van der Waals surface area contributed by atoms with Crippen molar-refractivity contribution in [1.29, 1.82) is 0 Å². The van der Waals surface area contributed by atoms with Crippen molar-refractivity contribution in [1.82, 2.24) is 19.6 Å². The van der Waals surface area contributed by atoms with E-state index in [0.717, 1.165) is 17.1 Å². The van der Waals surface area contributed by atoms with E-state index in [1.807, 2.05) is 26.8 Å². The van der Waals surface area contributed by atoms with Crippen LogP contribution in [0.4, 0.5) is 5.69 Å². The number of hydrogen-bond acceptors (Lipinski definition) is 6. The quantitative estimate of drug-likeness (QED) is 0.657. The Bertz CT molecular complexity index is 1060. The highest BCUT2D eigenvalue weighted by molar-refractivity contribution is 8.14. The SMILES string of the molecule is Cc1cc(C)n2nc(C(=O)N(C3=NC(C)CS3)c3ccc(Cl)cc3)nc2n1. The van der Waals surface area contributed by atoms with Crippen LogP contribution in [0.1, 0.15) is 28.9 Å². The first-order chi connectivity index (χ1) is 12.9. The Morgan fingerprint density at radius 1 is 1.26 bits per heavy atom. The fraction of sp³-hybridized carbons (Fsp3) is 0.278. The van der Waals surface area contributed by atoms with Crippen LogP contribution in [0.5, 0.6) is 0 Å². The Morgan fingerprint density at radius 2 is 2.00 bits per heavy atom. The van der Waals surface area contributed by atoms with E-state index in [1.54, 1.807) is 33.7 Å². The Hall–Kier alpha value is -2.45. The fourth-order valence-electron chi connectivity index (χ4n) is 2.84. The summed E-state index contributed by atoms with van der Waals surface area (Å²) in [4.78, 5) is 28.2. The lowest BCUT2D eigenvalue weighted by Crippen LogP contribution is -2.35. The fourth-order valence-corrected chi connectivity index (χ4v) is 4.00. The Morgan fingerprint density at radius 3 is 2.67 bits per heavy atom. The van der Waals surface area contributed by atoms with Gasteiger partial charge >= 0.3 is 5.91 Å². The number of rotatable bonds is 2. The predicted octanol–water partition coefficient (Wildman–Crippen LogP) is 3.53. The number of hydrogen-bond donors (Lipinski definition) is 0. The summed E-state index contributed by atoms with van der Waals surface area (Å²) in [5.41, 5.74) is 2.36. The zero-order valence-electron chi connectivity index (χ0n) is 15.0. The van der Waals surface area contributed by atoms with Gasteiger partial charge in [0.2, 0.25) is 5.82 Å². The number of nitrogens with zero attached hydrogens (tertiary/aromatic N) is 6. The van der Waals surface area contributed by atoms with Gasteiger partial charge in [-0.25, -0.2) is 9.50 Å². The molecular formula is C18H17ClN6OS. The molecule has 1 atom stereocenters. The highest BCUT2D eigenvalue weighted by atomic mass is 35.5. The van der Waals surface area contributed by atoms with E-state index in [1.165, 1.54) is 11.8 Å². The largest absolute Gasteiger partial charge is 0.304 e. The molecule has 1 aromatic carbocycles. The summed E-state index contributed by atoms with van der Waals surface area (Å²) in [7, 11) is 0. The van der Waals surface area contributed by atoms with Crippen molar-refractivity contribution in [3.05, 3.63) is 52.6 Å². The summed E-state index contributed by atoms with van der Waals surface area (Å²) in [6.07, 6.45) is 0. The number of thioether (sulfide) groups is 1. The number of aryl methyl sites for hydroxylation is 2. The van der Waals surface area contributed by atoms with Crippen molar-refractivity contribution >= 4 is 45.9 Å². The van der Waals surface area contributed by atoms with Gasteiger partial charge in [0.1, 0.15) is 0 Å². The lowest BCUT2D eigenvalue weighted by molar-refractivity contribution is 0.0993. The van der Waals surface area contributed by atoms with Crippen molar-refractivity contribution in [2.75, 3.05) is 10.7 Å². The van der Waals surface area contributed by atoms with Crippen molar-refractivity contribution in [2.45, 2.75) is 26.8 Å². The van der Waals surface area contributed by atoms with Gasteiger partial charge in [0, 0.05) is 22.2 Å². The highest BCUT2D eigenvalue weighted by Crippen LogP contribution is 2.28. The molecule has 138 valence electrons. The molecule has 0 radical (unpaired) electrons. The van der Waals surface area contributed by atoms with E-state index in [4.69, 9.17) is 11.6 Å². The molecule has 9 heteroatoms. The second kappa shape index (κ2) is 6.94. The first kappa shape index (κ1) is 17.9. The van der Waals surface area contributed by atoms with Gasteiger partial charge in [0.15, 0.2) is 5.17 Å². The van der Waals surface area contributed by atoms with Crippen LogP contribution < -0.4 is 4.90 Å². The molecule has 0 N–H and O–H groups in total. The molecule has 27 heavy (non-hydrogen) atoms. The first-order valence-corrected chi connectivity index (χ1v) is 9.80. The second-order valence-electron chi connectivity index (χ2n) is 6.37. The average Bonchev–Trinajstić information content (AvgIpc) is 3.23. The lowest BCUT2D eigenvalue weighted by Gasteiger charge is -2.20. The molecule has 1 amide bonds. The number of anilines is 1. The van der Waals surface area contributed by atoms with Gasteiger partial charge in [-0.15, -0.1) is 5.10 Å². The Balaban J connectivity index is 1.80. The van der Waals surface area contributed by atoms with Crippen LogP contribution in [0.2, 0.25) is 5.02 Å². The second-order valence-corrected chi connectivity index (χ2v) is 7.80. The van der Waals surface area contributed by atoms with Crippen LogP contribution in [0.3, 0.4) is 0 Å². The van der Waals surface area contributed by atoms with Crippen molar-refractivity contribution in [2.24, 2.45) is 4.99 Å². The highest BCUT2D eigenvalue weighted by Gasteiger charge is 2.30. The average molecular weight is 401 g/mol. The molecule has 0 saturated carbocycles. The normalized spacial score (nSPS) is 16.6. The molecule has 0 aliphatic carbocycles. The first-order valence-electron chi connectivity index (χ1n) is 8.44. The number of aromatic nitrogens is 4. The van der Waals surface area contributed by atoms with E-state index in [0.29, 0.717) is 21.7 Å². The zero-order valence-corrected chi connectivity index (χ0v) is 16.6. The molecule has 1 aliphatic heterocycles. The number of amides is 1. The van der Waals surface area contributed by atoms with Crippen LogP contribution in [0, 0.1) is 13.8 Å². The molecule has 1 aliphatic rings. The number of carbonyl (C=O) groups is 1. The van der Waals surface area contributed by atoms with Crippen LogP contribution in [-0.4, -0.2) is 42.5 Å². The lowest BCUT2D eigenvalue weighted by atomic mass is 10.3. The number of benzene rings is 1. The maximum Gasteiger partial charge on any atom is 0.304 e. The van der Waals surface area contributed by atoms with E-state index in [9.17, 15) is 4.79 Å². The molecular weight excluding hydrogens is 384 g/mol. The van der Waals surface area contributed by atoms with Crippen LogP contribution >= 0.6 is 23.4 Å². The summed E-state index contributed by atoms with van der Waals surface area (Å²) in [6, 6.07) is 9.10. The van der Waals surface area contributed by atoms with Gasteiger partial charge in [0.05, 0.1) is 11.7 Å². The number of carbonyl (C=O) groups excluding carboxylic acids is 1. The van der Waals surface area contributed by atoms with Gasteiger partial charge in [-0.05, 0) is 51.1 Å². The van der Waals surface area contributed by atoms with Crippen LogP contribution in [0.25, 0.3) is 5.78 Å². The third kappa shape index (κ3) is 3.42. The minimum Gasteiger partial charge on any atom is -0.264 e. The van der Waals surface area contributed by atoms with E-state index < -0.39 is 0 Å². The third-order valence-electron chi connectivity index (χ3n) is 4.07. The molecule has 4 rings (SSSR count). The number of halogens is 1. The molecule has 7 nitrogen and oxygen atoms in total. The summed E-state index contributed by atoms with van der Waals surface area (Å²) in [6.45, 7) is 5.80. The Labute approximate surface area is 165 Å². The van der Waals surface area contributed by atoms with Gasteiger partial charge in [-0.1, -0.05) is 23.4 Å². The topological polar surface area (TPSA) is 75.8 Å². The van der Waals surface area contributed by atoms with Crippen molar-refractivity contribution < 1.29 is 4.79 Å². The van der Waals surface area contributed by atoms with Crippen molar-refractivity contribution in [3.63, 3.8) is 0 Å². The van der Waals surface area contributed by atoms with Gasteiger partial charge in [-0.2, -0.15) is 4.98 Å². The summed E-state index contributed by atoms with van der Waals surface area (Å²) in [5, 5.41) is 5.60. The number of aliphatic imine (C=N–C) groups is 1. The predicted molar refractivity (Wildman–Crippen MR) is 108 cm³/mol. The van der Waals surface area contributed by atoms with E-state index >= 15 is 0 Å². The molecule has 3 heterocycles. The molecule has 0 spiro atoms. The van der Waals surface area contributed by atoms with Gasteiger partial charge in [-0.3, -0.25) is 14.7 Å². The number of amidine groups is 1. The minimum absolute atomic E-state index is 0.0778. The zero-order chi connectivity index (χ0) is 19.1. The van der Waals surface area contributed by atoms with Crippen molar-refractivity contribution in [3.8, 4) is 0 Å². The monoisotopic (exact) mass is 400 g/mol. The summed E-state index contributed by atoms with van der Waals surface area (Å²) >= 11 is 7.54.